The maximum Gasteiger partial charge on any atom is 0.211 e. The lowest BCUT2D eigenvalue weighted by Gasteiger charge is -2.28. The number of sulfone groups is 1. The summed E-state index contributed by atoms with van der Waals surface area (Å²) in [4.78, 5) is -0.521. The van der Waals surface area contributed by atoms with E-state index in [2.05, 4.69) is 0 Å². The molecule has 0 radical (unpaired) electrons. The predicted octanol–water partition coefficient (Wildman–Crippen LogP) is 7.78. The molecular formula is C32H40N2O4S. The summed E-state index contributed by atoms with van der Waals surface area (Å²) in [5, 5.41) is 42.3. The first-order valence-electron chi connectivity index (χ1n) is 13.0. The zero-order valence-electron chi connectivity index (χ0n) is 24.6. The molecule has 0 aliphatic rings. The largest absolute Gasteiger partial charge is 0.507 e. The van der Waals surface area contributed by atoms with E-state index < -0.39 is 25.6 Å². The summed E-state index contributed by atoms with van der Waals surface area (Å²) in [6.45, 7) is 19.3. The standard InChI is InChI=1S/C32H40N2O4S/c1-19(2)25-14-22(15-26(20(3)4)29(25)35)23(16-33)18-39(37,38)24(17-34)11-21-12-27(31(5,6)7)30(36)28(13-21)32(8,9)10/h11-15,18-20,35-36H,1-10H3. The summed E-state index contributed by atoms with van der Waals surface area (Å²) in [6.07, 6.45) is 1.28. The van der Waals surface area contributed by atoms with Gasteiger partial charge >= 0.3 is 0 Å². The van der Waals surface area contributed by atoms with E-state index in [1.165, 1.54) is 6.08 Å². The van der Waals surface area contributed by atoms with Gasteiger partial charge in [0, 0.05) is 11.1 Å². The number of nitrogens with zero attached hydrogens (tertiary/aromatic N) is 2. The Morgan fingerprint density at radius 3 is 1.56 bits per heavy atom. The molecule has 2 rings (SSSR count). The minimum absolute atomic E-state index is 0.0583. The Morgan fingerprint density at radius 1 is 0.795 bits per heavy atom. The van der Waals surface area contributed by atoms with Gasteiger partial charge in [-0.3, -0.25) is 0 Å². The lowest BCUT2D eigenvalue weighted by molar-refractivity contribution is 0.423. The molecule has 0 bridgehead atoms. The van der Waals surface area contributed by atoms with Gasteiger partial charge in [0.05, 0.1) is 11.0 Å². The third-order valence-corrected chi connectivity index (χ3v) is 7.95. The number of benzene rings is 2. The highest BCUT2D eigenvalue weighted by molar-refractivity contribution is 7.98. The highest BCUT2D eigenvalue weighted by Crippen LogP contribution is 2.41. The van der Waals surface area contributed by atoms with Crippen LogP contribution < -0.4 is 0 Å². The van der Waals surface area contributed by atoms with E-state index in [4.69, 9.17) is 0 Å². The lowest BCUT2D eigenvalue weighted by atomic mass is 9.78. The quantitative estimate of drug-likeness (QED) is 0.355. The number of phenolic OH excluding ortho intramolecular Hbond substituents is 2. The van der Waals surface area contributed by atoms with Crippen molar-refractivity contribution in [1.29, 1.82) is 10.5 Å². The maximum absolute atomic E-state index is 13.4. The van der Waals surface area contributed by atoms with Crippen molar-refractivity contribution in [3.63, 3.8) is 0 Å². The number of phenols is 2. The summed E-state index contributed by atoms with van der Waals surface area (Å²) in [5.41, 5.74) is 2.31. The van der Waals surface area contributed by atoms with Gasteiger partial charge in [0.1, 0.15) is 28.5 Å². The van der Waals surface area contributed by atoms with E-state index in [1.54, 1.807) is 30.3 Å². The highest BCUT2D eigenvalue weighted by Gasteiger charge is 2.27. The van der Waals surface area contributed by atoms with Crippen molar-refractivity contribution in [2.45, 2.75) is 91.9 Å². The molecule has 2 aromatic rings. The summed E-state index contributed by atoms with van der Waals surface area (Å²) in [5.74, 6) is 0.168. The molecule has 0 saturated carbocycles. The fourth-order valence-corrected chi connectivity index (χ4v) is 5.36. The summed E-state index contributed by atoms with van der Waals surface area (Å²) in [7, 11) is -4.32. The van der Waals surface area contributed by atoms with E-state index in [0.717, 1.165) is 5.41 Å². The van der Waals surface area contributed by atoms with Crippen LogP contribution in [0, 0.1) is 22.7 Å². The number of aromatic hydroxyl groups is 2. The van der Waals surface area contributed by atoms with Crippen molar-refractivity contribution in [2.75, 3.05) is 0 Å². The second-order valence-corrected chi connectivity index (χ2v) is 14.4. The van der Waals surface area contributed by atoms with Gasteiger partial charge in [-0.05, 0) is 75.3 Å². The molecule has 6 nitrogen and oxygen atoms in total. The van der Waals surface area contributed by atoms with Crippen LogP contribution in [-0.2, 0) is 20.7 Å². The van der Waals surface area contributed by atoms with Crippen molar-refractivity contribution in [1.82, 2.24) is 0 Å². The van der Waals surface area contributed by atoms with Crippen molar-refractivity contribution < 1.29 is 18.6 Å². The molecule has 0 fully saturated rings. The predicted molar refractivity (Wildman–Crippen MR) is 158 cm³/mol. The Hall–Kier alpha value is -3.55. The Labute approximate surface area is 233 Å². The zero-order chi connectivity index (χ0) is 30.1. The van der Waals surface area contributed by atoms with Crippen LogP contribution in [0.4, 0.5) is 0 Å². The van der Waals surface area contributed by atoms with Crippen LogP contribution in [0.5, 0.6) is 11.5 Å². The van der Waals surface area contributed by atoms with Gasteiger partial charge in [-0.25, -0.2) is 8.42 Å². The van der Waals surface area contributed by atoms with Crippen LogP contribution in [0.3, 0.4) is 0 Å². The summed E-state index contributed by atoms with van der Waals surface area (Å²) >= 11 is 0. The molecule has 7 heteroatoms. The van der Waals surface area contributed by atoms with E-state index in [-0.39, 0.29) is 28.9 Å². The average Bonchev–Trinajstić information content (AvgIpc) is 2.79. The minimum atomic E-state index is -4.32. The smallest absolute Gasteiger partial charge is 0.211 e. The van der Waals surface area contributed by atoms with Gasteiger partial charge < -0.3 is 10.2 Å². The van der Waals surface area contributed by atoms with Gasteiger partial charge in [0.2, 0.25) is 9.84 Å². The topological polar surface area (TPSA) is 122 Å². The van der Waals surface area contributed by atoms with Crippen LogP contribution >= 0.6 is 0 Å². The van der Waals surface area contributed by atoms with Gasteiger partial charge in [-0.15, -0.1) is 0 Å². The molecule has 0 aliphatic carbocycles. The molecule has 0 aliphatic heterocycles. The fourth-order valence-electron chi connectivity index (χ4n) is 4.31. The normalized spacial score (nSPS) is 13.5. The highest BCUT2D eigenvalue weighted by atomic mass is 32.2. The number of hydrogen-bond acceptors (Lipinski definition) is 6. The average molecular weight is 549 g/mol. The van der Waals surface area contributed by atoms with Gasteiger partial charge in [-0.2, -0.15) is 10.5 Å². The third-order valence-electron chi connectivity index (χ3n) is 6.58. The fraction of sp³-hybridized carbons (Fsp3) is 0.438. The van der Waals surface area contributed by atoms with Gasteiger partial charge in [-0.1, -0.05) is 69.2 Å². The molecule has 0 aromatic heterocycles. The first kappa shape index (κ1) is 31.7. The van der Waals surface area contributed by atoms with Gasteiger partial charge in [0.15, 0.2) is 0 Å². The van der Waals surface area contributed by atoms with Crippen molar-refractivity contribution in [3.05, 3.63) is 68.0 Å². The number of nitriles is 2. The van der Waals surface area contributed by atoms with E-state index in [1.807, 2.05) is 75.3 Å². The monoisotopic (exact) mass is 548 g/mol. The first-order chi connectivity index (χ1) is 17.7. The molecule has 0 atom stereocenters. The molecule has 2 aromatic carbocycles. The molecular weight excluding hydrogens is 508 g/mol. The third kappa shape index (κ3) is 7.11. The Bertz CT molecular complexity index is 1450. The van der Waals surface area contributed by atoms with Crippen molar-refractivity contribution in [3.8, 4) is 23.6 Å². The van der Waals surface area contributed by atoms with Crippen LogP contribution in [0.15, 0.2) is 34.6 Å². The van der Waals surface area contributed by atoms with Crippen molar-refractivity contribution >= 4 is 21.5 Å². The number of hydrogen-bond donors (Lipinski definition) is 2. The molecule has 0 saturated heterocycles. The minimum Gasteiger partial charge on any atom is -0.507 e. The Balaban J connectivity index is 2.80. The second-order valence-electron chi connectivity index (χ2n) is 12.6. The number of allylic oxidation sites excluding steroid dienone is 2. The first-order valence-corrected chi connectivity index (χ1v) is 14.5. The van der Waals surface area contributed by atoms with E-state index in [9.17, 15) is 29.2 Å². The van der Waals surface area contributed by atoms with Crippen LogP contribution in [0.25, 0.3) is 11.6 Å². The molecule has 39 heavy (non-hydrogen) atoms. The molecule has 2 N–H and O–H groups in total. The van der Waals surface area contributed by atoms with Crippen molar-refractivity contribution in [2.24, 2.45) is 0 Å². The van der Waals surface area contributed by atoms with Gasteiger partial charge in [0.25, 0.3) is 0 Å². The Morgan fingerprint density at radius 2 is 1.23 bits per heavy atom. The summed E-state index contributed by atoms with van der Waals surface area (Å²) in [6, 6.07) is 10.4. The van der Waals surface area contributed by atoms with E-state index in [0.29, 0.717) is 33.4 Å². The second kappa shape index (κ2) is 11.3. The molecule has 0 spiro atoms. The van der Waals surface area contributed by atoms with Crippen LogP contribution in [0.2, 0.25) is 0 Å². The van der Waals surface area contributed by atoms with E-state index >= 15 is 0 Å². The molecule has 0 heterocycles. The maximum atomic E-state index is 13.4. The van der Waals surface area contributed by atoms with Crippen LogP contribution in [0.1, 0.15) is 114 Å². The molecule has 0 unspecified atom stereocenters. The zero-order valence-corrected chi connectivity index (χ0v) is 25.4. The number of rotatable bonds is 6. The molecule has 0 amide bonds. The SMILES string of the molecule is CC(C)c1cc(C(C#N)=CS(=O)(=O)C(C#N)=Cc2cc(C(C)(C)C)c(O)c(C(C)(C)C)c2)cc(C(C)C)c1O. The van der Waals surface area contributed by atoms with Crippen LogP contribution in [-0.4, -0.2) is 18.6 Å². The molecule has 208 valence electrons. The Kier molecular flexibility index (Phi) is 9.16. The lowest BCUT2D eigenvalue weighted by Crippen LogP contribution is -2.17. The summed E-state index contributed by atoms with van der Waals surface area (Å²) < 4.78 is 26.9.